The molecule has 1 aromatic heterocycles. The first-order chi connectivity index (χ1) is 12.3. The zero-order valence-electron chi connectivity index (χ0n) is 14.8. The average Bonchev–Trinajstić information content (AvgIpc) is 2.66. The highest BCUT2D eigenvalue weighted by Crippen LogP contribution is 2.15. The van der Waals surface area contributed by atoms with Gasteiger partial charge in [-0.25, -0.2) is 4.98 Å². The molecule has 3 rings (SSSR count). The highest BCUT2D eigenvalue weighted by molar-refractivity contribution is 5.43. The van der Waals surface area contributed by atoms with Gasteiger partial charge in [0.15, 0.2) is 0 Å². The predicted octanol–water partition coefficient (Wildman–Crippen LogP) is 4.42. The molecule has 0 bridgehead atoms. The molecule has 0 amide bonds. The summed E-state index contributed by atoms with van der Waals surface area (Å²) in [6.07, 6.45) is 1.82. The quantitative estimate of drug-likeness (QED) is 0.695. The van der Waals surface area contributed by atoms with Crippen molar-refractivity contribution in [3.8, 4) is 0 Å². The number of nitrogens with one attached hydrogen (secondary N) is 1. The molecule has 0 radical (unpaired) electrons. The van der Waals surface area contributed by atoms with Crippen molar-refractivity contribution in [1.82, 2.24) is 9.97 Å². The smallest absolute Gasteiger partial charge is 0.227 e. The summed E-state index contributed by atoms with van der Waals surface area (Å²) in [5.41, 5.74) is 3.81. The Kier molecular flexibility index (Phi) is 5.62. The molecule has 0 spiro atoms. The molecule has 25 heavy (non-hydrogen) atoms. The van der Waals surface area contributed by atoms with Gasteiger partial charge in [0.25, 0.3) is 0 Å². The van der Waals surface area contributed by atoms with Crippen molar-refractivity contribution in [1.29, 1.82) is 0 Å². The van der Waals surface area contributed by atoms with Crippen LogP contribution in [0.1, 0.15) is 23.6 Å². The third kappa shape index (κ3) is 4.57. The number of nitrogens with zero attached hydrogens (tertiary/aromatic N) is 3. The Balaban J connectivity index is 1.70. The van der Waals surface area contributed by atoms with Gasteiger partial charge in [0.05, 0.1) is 0 Å². The van der Waals surface area contributed by atoms with Crippen LogP contribution in [0.5, 0.6) is 0 Å². The molecule has 2 aromatic carbocycles. The molecule has 0 saturated carbocycles. The molecule has 0 atom stereocenters. The summed E-state index contributed by atoms with van der Waals surface area (Å²) in [5.74, 6) is 1.60. The van der Waals surface area contributed by atoms with Gasteiger partial charge < -0.3 is 10.2 Å². The Bertz CT molecular complexity index is 802. The third-order valence-corrected chi connectivity index (χ3v) is 4.24. The van der Waals surface area contributed by atoms with Crippen LogP contribution in [0.4, 0.5) is 11.8 Å². The van der Waals surface area contributed by atoms with E-state index in [0.717, 1.165) is 31.4 Å². The molecule has 0 aliphatic rings. The van der Waals surface area contributed by atoms with E-state index < -0.39 is 0 Å². The van der Waals surface area contributed by atoms with Crippen molar-refractivity contribution < 1.29 is 0 Å². The van der Waals surface area contributed by atoms with E-state index in [2.05, 4.69) is 82.6 Å². The summed E-state index contributed by atoms with van der Waals surface area (Å²) in [6.45, 7) is 6.67. The van der Waals surface area contributed by atoms with Gasteiger partial charge in [0.1, 0.15) is 5.82 Å². The molecule has 4 nitrogen and oxygen atoms in total. The fourth-order valence-electron chi connectivity index (χ4n) is 2.72. The van der Waals surface area contributed by atoms with Gasteiger partial charge in [0, 0.05) is 25.8 Å². The van der Waals surface area contributed by atoms with Crippen LogP contribution in [0.3, 0.4) is 0 Å². The minimum atomic E-state index is 0.751. The summed E-state index contributed by atoms with van der Waals surface area (Å²) in [6, 6.07) is 20.7. The van der Waals surface area contributed by atoms with E-state index in [1.807, 2.05) is 18.3 Å². The maximum Gasteiger partial charge on any atom is 0.227 e. The fraction of sp³-hybridized carbons (Fsp3) is 0.238. The first-order valence-electron chi connectivity index (χ1n) is 8.66. The number of aromatic nitrogens is 2. The van der Waals surface area contributed by atoms with Crippen LogP contribution in [-0.4, -0.2) is 16.5 Å². The lowest BCUT2D eigenvalue weighted by atomic mass is 10.1. The standard InChI is InChI=1S/C21H24N4/c1-3-25(16-18-10-5-4-6-11-18)21-22-14-13-20(24-21)23-15-19-12-8-7-9-17(19)2/h4-14H,3,15-16H2,1-2H3,(H,22,23,24). The molecule has 1 heterocycles. The SMILES string of the molecule is CCN(Cc1ccccc1)c1nccc(NCc2ccccc2C)n1. The Morgan fingerprint density at radius 3 is 2.48 bits per heavy atom. The van der Waals surface area contributed by atoms with E-state index in [1.54, 1.807) is 0 Å². The Morgan fingerprint density at radius 2 is 1.72 bits per heavy atom. The zero-order valence-corrected chi connectivity index (χ0v) is 14.8. The number of rotatable bonds is 7. The lowest BCUT2D eigenvalue weighted by Crippen LogP contribution is -2.24. The van der Waals surface area contributed by atoms with Crippen molar-refractivity contribution in [2.24, 2.45) is 0 Å². The maximum absolute atomic E-state index is 4.69. The van der Waals surface area contributed by atoms with Crippen LogP contribution in [0, 0.1) is 6.92 Å². The lowest BCUT2D eigenvalue weighted by Gasteiger charge is -2.21. The monoisotopic (exact) mass is 332 g/mol. The van der Waals surface area contributed by atoms with Gasteiger partial charge in [-0.15, -0.1) is 0 Å². The molecule has 0 aliphatic carbocycles. The Morgan fingerprint density at radius 1 is 0.960 bits per heavy atom. The van der Waals surface area contributed by atoms with Crippen molar-refractivity contribution in [2.45, 2.75) is 26.9 Å². The summed E-state index contributed by atoms with van der Waals surface area (Å²) in [5, 5.41) is 3.41. The minimum absolute atomic E-state index is 0.751. The zero-order chi connectivity index (χ0) is 17.5. The van der Waals surface area contributed by atoms with Crippen LogP contribution >= 0.6 is 0 Å². The number of hydrogen-bond acceptors (Lipinski definition) is 4. The Hall–Kier alpha value is -2.88. The molecule has 0 unspecified atom stereocenters. The molecule has 0 fully saturated rings. The van der Waals surface area contributed by atoms with Crippen molar-refractivity contribution >= 4 is 11.8 Å². The van der Waals surface area contributed by atoms with Crippen LogP contribution in [0.15, 0.2) is 66.9 Å². The topological polar surface area (TPSA) is 41.1 Å². The van der Waals surface area contributed by atoms with Crippen molar-refractivity contribution in [3.05, 3.63) is 83.6 Å². The van der Waals surface area contributed by atoms with Gasteiger partial charge in [-0.3, -0.25) is 0 Å². The minimum Gasteiger partial charge on any atom is -0.366 e. The molecular weight excluding hydrogens is 308 g/mol. The van der Waals surface area contributed by atoms with Crippen LogP contribution < -0.4 is 10.2 Å². The number of hydrogen-bond donors (Lipinski definition) is 1. The van der Waals surface area contributed by atoms with E-state index in [0.29, 0.717) is 0 Å². The van der Waals surface area contributed by atoms with Gasteiger partial charge in [-0.2, -0.15) is 4.98 Å². The fourth-order valence-corrected chi connectivity index (χ4v) is 2.72. The van der Waals surface area contributed by atoms with Crippen molar-refractivity contribution in [3.63, 3.8) is 0 Å². The van der Waals surface area contributed by atoms with E-state index in [-0.39, 0.29) is 0 Å². The highest BCUT2D eigenvalue weighted by atomic mass is 15.3. The van der Waals surface area contributed by atoms with Crippen LogP contribution in [0.25, 0.3) is 0 Å². The van der Waals surface area contributed by atoms with Gasteiger partial charge >= 0.3 is 0 Å². The summed E-state index contributed by atoms with van der Waals surface area (Å²) >= 11 is 0. The predicted molar refractivity (Wildman–Crippen MR) is 104 cm³/mol. The van der Waals surface area contributed by atoms with E-state index in [9.17, 15) is 0 Å². The highest BCUT2D eigenvalue weighted by Gasteiger charge is 2.09. The summed E-state index contributed by atoms with van der Waals surface area (Å²) < 4.78 is 0. The molecule has 4 heteroatoms. The molecule has 0 aliphatic heterocycles. The van der Waals surface area contributed by atoms with Crippen LogP contribution in [-0.2, 0) is 13.1 Å². The van der Waals surface area contributed by atoms with E-state index in [4.69, 9.17) is 0 Å². The second kappa shape index (κ2) is 8.29. The van der Waals surface area contributed by atoms with Gasteiger partial charge in [-0.1, -0.05) is 54.6 Å². The van der Waals surface area contributed by atoms with Crippen molar-refractivity contribution in [2.75, 3.05) is 16.8 Å². The second-order valence-corrected chi connectivity index (χ2v) is 6.02. The third-order valence-electron chi connectivity index (χ3n) is 4.24. The Labute approximate surface area is 149 Å². The van der Waals surface area contributed by atoms with Gasteiger partial charge in [-0.05, 0) is 36.6 Å². The largest absolute Gasteiger partial charge is 0.366 e. The molecule has 3 aromatic rings. The summed E-state index contributed by atoms with van der Waals surface area (Å²) in [4.78, 5) is 11.3. The number of anilines is 2. The molecule has 0 saturated heterocycles. The molecule has 1 N–H and O–H groups in total. The molecular formula is C21H24N4. The maximum atomic E-state index is 4.69. The molecule has 128 valence electrons. The van der Waals surface area contributed by atoms with Gasteiger partial charge in [0.2, 0.25) is 5.95 Å². The average molecular weight is 332 g/mol. The number of aryl methyl sites for hydroxylation is 1. The van der Waals surface area contributed by atoms with E-state index >= 15 is 0 Å². The van der Waals surface area contributed by atoms with E-state index in [1.165, 1.54) is 16.7 Å². The first-order valence-corrected chi connectivity index (χ1v) is 8.66. The normalized spacial score (nSPS) is 10.5. The number of benzene rings is 2. The first kappa shape index (κ1) is 17.0. The van der Waals surface area contributed by atoms with Crippen LogP contribution in [0.2, 0.25) is 0 Å². The second-order valence-electron chi connectivity index (χ2n) is 6.02. The summed E-state index contributed by atoms with van der Waals surface area (Å²) in [7, 11) is 0. The lowest BCUT2D eigenvalue weighted by molar-refractivity contribution is 0.791.